The first-order valence-electron chi connectivity index (χ1n) is 7.79. The zero-order valence-electron chi connectivity index (χ0n) is 15.8. The number of carbonyl (C=O) groups excluding carboxylic acids is 1. The van der Waals surface area contributed by atoms with Gasteiger partial charge in [0.05, 0.1) is 31.6 Å². The molecular weight excluding hydrogens is 435 g/mol. The molecule has 0 aliphatic carbocycles. The molecule has 30 heavy (non-hydrogen) atoms. The van der Waals surface area contributed by atoms with Crippen LogP contribution in [0.3, 0.4) is 0 Å². The van der Waals surface area contributed by atoms with Gasteiger partial charge >= 0.3 is 11.5 Å². The van der Waals surface area contributed by atoms with E-state index in [1.54, 1.807) is 12.1 Å². The number of aromatic nitrogens is 1. The molecule has 0 radical (unpaired) electrons. The quantitative estimate of drug-likeness (QED) is 0.131. The number of nitro benzene ring substituents is 1. The highest BCUT2D eigenvalue weighted by Crippen LogP contribution is 2.21. The Morgan fingerprint density at radius 2 is 1.60 bits per heavy atom. The zero-order valence-corrected chi connectivity index (χ0v) is 16.6. The first-order valence-corrected chi connectivity index (χ1v) is 9.20. The molecule has 0 N–H and O–H groups in total. The molecular formula is C16H16F3N3O7S. The second-order valence-corrected chi connectivity index (χ2v) is 7.83. The molecule has 0 aliphatic rings. The molecule has 164 valence electrons. The van der Waals surface area contributed by atoms with Gasteiger partial charge in [-0.25, -0.2) is 18.2 Å². The predicted octanol–water partition coefficient (Wildman–Crippen LogP) is 2.46. The zero-order chi connectivity index (χ0) is 23.3. The molecule has 0 unspecified atom stereocenters. The van der Waals surface area contributed by atoms with Crippen molar-refractivity contribution in [3.63, 3.8) is 0 Å². The molecule has 0 aliphatic heterocycles. The maximum absolute atomic E-state index is 12.0. The Bertz CT molecular complexity index is 1000. The number of esters is 1. The number of halogens is 3. The van der Waals surface area contributed by atoms with Crippen molar-refractivity contribution < 1.29 is 40.6 Å². The first-order chi connectivity index (χ1) is 13.5. The summed E-state index contributed by atoms with van der Waals surface area (Å²) in [5, 5.41) is 10.6. The van der Waals surface area contributed by atoms with Crippen molar-refractivity contribution in [2.45, 2.75) is 5.51 Å². The third kappa shape index (κ3) is 7.38. The number of nitrogens with zero attached hydrogens (tertiary/aromatic N) is 3. The van der Waals surface area contributed by atoms with Crippen molar-refractivity contribution in [3.8, 4) is 5.75 Å². The van der Waals surface area contributed by atoms with Crippen LogP contribution in [-0.4, -0.2) is 55.5 Å². The molecule has 0 saturated carbocycles. The van der Waals surface area contributed by atoms with E-state index in [2.05, 4.69) is 4.98 Å². The molecule has 1 aromatic heterocycles. The summed E-state index contributed by atoms with van der Waals surface area (Å²) in [5.74, 6) is 0.493. The molecule has 2 rings (SSSR count). The largest absolute Gasteiger partial charge is 0.741 e. The topological polar surface area (TPSA) is 140 Å². The highest BCUT2D eigenvalue weighted by Gasteiger charge is 2.36. The lowest BCUT2D eigenvalue weighted by Gasteiger charge is -2.21. The van der Waals surface area contributed by atoms with E-state index in [-0.39, 0.29) is 11.4 Å². The maximum atomic E-state index is 12.0. The van der Waals surface area contributed by atoms with Crippen molar-refractivity contribution in [1.82, 2.24) is 9.47 Å². The van der Waals surface area contributed by atoms with E-state index in [1.165, 1.54) is 30.5 Å². The van der Waals surface area contributed by atoms with Crippen molar-refractivity contribution in [1.29, 1.82) is 0 Å². The van der Waals surface area contributed by atoms with E-state index in [0.717, 1.165) is 5.82 Å². The second kappa shape index (κ2) is 9.15. The summed E-state index contributed by atoms with van der Waals surface area (Å²) >= 11 is 0. The number of non-ortho nitro benzene ring substituents is 1. The Balaban J connectivity index is 0.000000479. The molecule has 2 aromatic rings. The Morgan fingerprint density at radius 3 is 1.93 bits per heavy atom. The Morgan fingerprint density at radius 1 is 1.10 bits per heavy atom. The SMILES string of the molecule is C[N+](C)(C)c1ccc(C(=O)Oc2ccc([N+](=O)[O-])cc2)cn1.O=S(=O)([O-])C(F)(F)F. The van der Waals surface area contributed by atoms with Gasteiger partial charge in [0, 0.05) is 24.4 Å². The van der Waals surface area contributed by atoms with Crippen LogP contribution in [0.2, 0.25) is 0 Å². The normalized spacial score (nSPS) is 11.8. The third-order valence-corrected chi connectivity index (χ3v) is 3.78. The number of rotatable bonds is 4. The van der Waals surface area contributed by atoms with E-state index >= 15 is 0 Å². The van der Waals surface area contributed by atoms with Gasteiger partial charge in [-0.1, -0.05) is 0 Å². The minimum Gasteiger partial charge on any atom is -0.741 e. The van der Waals surface area contributed by atoms with Gasteiger partial charge in [0.2, 0.25) is 5.82 Å². The van der Waals surface area contributed by atoms with Crippen molar-refractivity contribution >= 4 is 27.6 Å². The highest BCUT2D eigenvalue weighted by atomic mass is 32.2. The smallest absolute Gasteiger partial charge is 0.485 e. The van der Waals surface area contributed by atoms with E-state index in [4.69, 9.17) is 17.7 Å². The van der Waals surface area contributed by atoms with Gasteiger partial charge in [-0.2, -0.15) is 13.2 Å². The summed E-state index contributed by atoms with van der Waals surface area (Å²) in [4.78, 5) is 26.3. The van der Waals surface area contributed by atoms with Crippen LogP contribution < -0.4 is 9.22 Å². The average molecular weight is 451 g/mol. The highest BCUT2D eigenvalue weighted by molar-refractivity contribution is 7.86. The number of hydrogen-bond donors (Lipinski definition) is 0. The van der Waals surface area contributed by atoms with Crippen LogP contribution in [0.1, 0.15) is 10.4 Å². The molecule has 10 nitrogen and oxygen atoms in total. The van der Waals surface area contributed by atoms with Crippen molar-refractivity contribution in [2.24, 2.45) is 0 Å². The van der Waals surface area contributed by atoms with Crippen LogP contribution in [0, 0.1) is 10.1 Å². The van der Waals surface area contributed by atoms with E-state index in [0.29, 0.717) is 10.0 Å². The standard InChI is InChI=1S/C15H16N3O4.CHF3O3S/c1-18(2,3)14-9-4-11(10-16-14)15(19)22-13-7-5-12(6-8-13)17(20)21;2-1(3,4)8(5,6)7/h4-10H,1-3H3;(H,5,6,7)/q+1;/p-1. The summed E-state index contributed by atoms with van der Waals surface area (Å²) in [7, 11) is -0.182. The predicted molar refractivity (Wildman–Crippen MR) is 97.6 cm³/mol. The average Bonchev–Trinajstić information content (AvgIpc) is 2.60. The number of hydrogen-bond acceptors (Lipinski definition) is 8. The van der Waals surface area contributed by atoms with Crippen molar-refractivity contribution in [2.75, 3.05) is 21.1 Å². The van der Waals surface area contributed by atoms with Crippen LogP contribution in [0.4, 0.5) is 24.7 Å². The summed E-state index contributed by atoms with van der Waals surface area (Å²) in [6.07, 6.45) is 1.45. The molecule has 0 fully saturated rings. The van der Waals surface area contributed by atoms with Gasteiger partial charge < -0.3 is 9.29 Å². The number of benzene rings is 1. The number of ether oxygens (including phenoxy) is 1. The number of carbonyl (C=O) groups is 1. The molecule has 1 aromatic carbocycles. The number of nitro groups is 1. The molecule has 0 saturated heterocycles. The fraction of sp³-hybridized carbons (Fsp3) is 0.250. The van der Waals surface area contributed by atoms with Crippen molar-refractivity contribution in [3.05, 3.63) is 58.3 Å². The summed E-state index contributed by atoms with van der Waals surface area (Å²) in [6.45, 7) is 0. The lowest BCUT2D eigenvalue weighted by molar-refractivity contribution is -0.384. The molecule has 0 bridgehead atoms. The second-order valence-electron chi connectivity index (χ2n) is 6.46. The third-order valence-electron chi connectivity index (χ3n) is 3.21. The lowest BCUT2D eigenvalue weighted by atomic mass is 10.2. The van der Waals surface area contributed by atoms with Gasteiger partial charge in [0.15, 0.2) is 10.1 Å². The van der Waals surface area contributed by atoms with Gasteiger partial charge in [0.1, 0.15) is 5.75 Å². The van der Waals surface area contributed by atoms with Crippen LogP contribution >= 0.6 is 0 Å². The molecule has 0 amide bonds. The minimum atomic E-state index is -6.09. The number of quaternary nitrogens is 1. The Hall–Kier alpha value is -3.10. The first kappa shape index (κ1) is 24.9. The number of alkyl halides is 3. The Kier molecular flexibility index (Phi) is 7.60. The minimum absolute atomic E-state index is 0.0613. The molecule has 1 heterocycles. The van der Waals surface area contributed by atoms with E-state index in [9.17, 15) is 28.1 Å². The molecule has 0 spiro atoms. The fourth-order valence-electron chi connectivity index (χ4n) is 1.71. The van der Waals surface area contributed by atoms with Crippen LogP contribution in [0.15, 0.2) is 42.6 Å². The number of pyridine rings is 1. The van der Waals surface area contributed by atoms with Gasteiger partial charge in [-0.15, -0.1) is 0 Å². The summed E-state index contributed by atoms with van der Waals surface area (Å²) < 4.78 is 64.6. The summed E-state index contributed by atoms with van der Waals surface area (Å²) in [6, 6.07) is 8.71. The summed E-state index contributed by atoms with van der Waals surface area (Å²) in [5.41, 5.74) is -5.39. The lowest BCUT2D eigenvalue weighted by Crippen LogP contribution is -2.35. The van der Waals surface area contributed by atoms with E-state index in [1.807, 2.05) is 21.1 Å². The molecule has 14 heteroatoms. The van der Waals surface area contributed by atoms with Gasteiger partial charge in [-0.3, -0.25) is 14.6 Å². The van der Waals surface area contributed by atoms with E-state index < -0.39 is 26.5 Å². The maximum Gasteiger partial charge on any atom is 0.485 e. The van der Waals surface area contributed by atoms with Crippen LogP contribution in [-0.2, 0) is 10.1 Å². The van der Waals surface area contributed by atoms with Gasteiger partial charge in [0.25, 0.3) is 5.69 Å². The Labute approximate surface area is 169 Å². The van der Waals surface area contributed by atoms with Crippen LogP contribution in [0.25, 0.3) is 0 Å². The fourth-order valence-corrected chi connectivity index (χ4v) is 1.71. The monoisotopic (exact) mass is 451 g/mol. The van der Waals surface area contributed by atoms with Gasteiger partial charge in [-0.05, 0) is 18.2 Å². The molecule has 0 atom stereocenters. The van der Waals surface area contributed by atoms with Crippen LogP contribution in [0.5, 0.6) is 5.75 Å².